The van der Waals surface area contributed by atoms with E-state index in [4.69, 9.17) is 14.6 Å². The Morgan fingerprint density at radius 2 is 2.11 bits per heavy atom. The average molecular weight is 267 g/mol. The molecule has 0 spiro atoms. The van der Waals surface area contributed by atoms with E-state index in [-0.39, 0.29) is 12.5 Å². The molecule has 5 heteroatoms. The molecule has 1 unspecified atom stereocenters. The highest BCUT2D eigenvalue weighted by atomic mass is 16.5. The molecule has 1 rings (SSSR count). The molecule has 1 aromatic rings. The van der Waals surface area contributed by atoms with E-state index in [1.165, 1.54) is 0 Å². The zero-order valence-electron chi connectivity index (χ0n) is 11.6. The summed E-state index contributed by atoms with van der Waals surface area (Å²) in [5, 5.41) is 11.9. The molecule has 0 aliphatic heterocycles. The molecule has 0 fully saturated rings. The van der Waals surface area contributed by atoms with E-state index in [0.29, 0.717) is 13.0 Å². The molecule has 0 bridgehead atoms. The van der Waals surface area contributed by atoms with Gasteiger partial charge in [0.25, 0.3) is 0 Å². The lowest BCUT2D eigenvalue weighted by atomic mass is 10.1. The summed E-state index contributed by atoms with van der Waals surface area (Å²) in [5.41, 5.74) is 0.997. The van der Waals surface area contributed by atoms with Crippen LogP contribution in [0.25, 0.3) is 0 Å². The smallest absolute Gasteiger partial charge is 0.303 e. The number of benzene rings is 1. The van der Waals surface area contributed by atoms with Crippen LogP contribution in [0.2, 0.25) is 0 Å². The predicted molar refractivity (Wildman–Crippen MR) is 72.8 cm³/mol. The summed E-state index contributed by atoms with van der Waals surface area (Å²) in [6.07, 6.45) is 0.779. The van der Waals surface area contributed by atoms with Crippen molar-refractivity contribution in [2.24, 2.45) is 0 Å². The van der Waals surface area contributed by atoms with Crippen molar-refractivity contribution >= 4 is 5.97 Å². The first-order chi connectivity index (χ1) is 9.08. The Bertz CT molecular complexity index is 420. The maximum atomic E-state index is 10.4. The van der Waals surface area contributed by atoms with Gasteiger partial charge in [-0.2, -0.15) is 0 Å². The van der Waals surface area contributed by atoms with Crippen LogP contribution < -0.4 is 14.8 Å². The maximum Gasteiger partial charge on any atom is 0.303 e. The highest BCUT2D eigenvalue weighted by Gasteiger charge is 2.12. The van der Waals surface area contributed by atoms with Gasteiger partial charge in [-0.05, 0) is 38.1 Å². The fraction of sp³-hybridized carbons (Fsp3) is 0.500. The van der Waals surface area contributed by atoms with Gasteiger partial charge in [-0.1, -0.05) is 0 Å². The molecule has 0 aliphatic rings. The highest BCUT2D eigenvalue weighted by molar-refractivity contribution is 5.66. The first-order valence-corrected chi connectivity index (χ1v) is 6.25. The molecule has 1 atom stereocenters. The van der Waals surface area contributed by atoms with Gasteiger partial charge in [0, 0.05) is 18.0 Å². The van der Waals surface area contributed by atoms with Crippen LogP contribution in [0.1, 0.15) is 31.4 Å². The van der Waals surface area contributed by atoms with Gasteiger partial charge in [-0.3, -0.25) is 4.79 Å². The molecular weight excluding hydrogens is 246 g/mol. The van der Waals surface area contributed by atoms with Crippen LogP contribution in [0.4, 0.5) is 0 Å². The van der Waals surface area contributed by atoms with Crippen LogP contribution >= 0.6 is 0 Å². The number of aliphatic carboxylic acids is 1. The molecule has 5 nitrogen and oxygen atoms in total. The van der Waals surface area contributed by atoms with Crippen LogP contribution in [0.5, 0.6) is 11.5 Å². The number of hydrogen-bond acceptors (Lipinski definition) is 4. The minimum atomic E-state index is -0.770. The molecule has 0 saturated heterocycles. The molecule has 2 N–H and O–H groups in total. The Balaban J connectivity index is 2.63. The molecular formula is C14H21NO4. The maximum absolute atomic E-state index is 10.4. The molecule has 0 heterocycles. The summed E-state index contributed by atoms with van der Waals surface area (Å²) in [6, 6.07) is 5.70. The highest BCUT2D eigenvalue weighted by Crippen LogP contribution is 2.29. The van der Waals surface area contributed by atoms with Gasteiger partial charge in [0.1, 0.15) is 11.5 Å². The van der Waals surface area contributed by atoms with E-state index in [1.807, 2.05) is 25.1 Å². The topological polar surface area (TPSA) is 67.8 Å². The quantitative estimate of drug-likeness (QED) is 0.707. The van der Waals surface area contributed by atoms with Crippen molar-refractivity contribution in [1.82, 2.24) is 5.32 Å². The number of rotatable bonds is 8. The van der Waals surface area contributed by atoms with Gasteiger partial charge in [0.05, 0.1) is 14.2 Å². The zero-order valence-corrected chi connectivity index (χ0v) is 11.6. The molecule has 0 amide bonds. The van der Waals surface area contributed by atoms with Crippen LogP contribution in [-0.4, -0.2) is 31.8 Å². The van der Waals surface area contributed by atoms with Gasteiger partial charge < -0.3 is 19.9 Å². The average Bonchev–Trinajstić information content (AvgIpc) is 2.42. The van der Waals surface area contributed by atoms with Crippen molar-refractivity contribution in [2.45, 2.75) is 25.8 Å². The van der Waals surface area contributed by atoms with Crippen molar-refractivity contribution in [1.29, 1.82) is 0 Å². The lowest BCUT2D eigenvalue weighted by Gasteiger charge is -2.18. The Morgan fingerprint density at radius 1 is 1.37 bits per heavy atom. The van der Waals surface area contributed by atoms with E-state index in [0.717, 1.165) is 17.1 Å². The van der Waals surface area contributed by atoms with Gasteiger partial charge in [-0.25, -0.2) is 0 Å². The van der Waals surface area contributed by atoms with Gasteiger partial charge in [-0.15, -0.1) is 0 Å². The van der Waals surface area contributed by atoms with Crippen molar-refractivity contribution in [2.75, 3.05) is 20.8 Å². The molecule has 106 valence electrons. The number of carbonyl (C=O) groups is 1. The number of methoxy groups -OCH3 is 2. The normalized spacial score (nSPS) is 11.9. The monoisotopic (exact) mass is 267 g/mol. The fourth-order valence-electron chi connectivity index (χ4n) is 1.85. The number of ether oxygens (including phenoxy) is 2. The SMILES string of the molecule is COc1ccc(OC)c(C(C)NCCCC(=O)O)c1. The summed E-state index contributed by atoms with van der Waals surface area (Å²) in [6.45, 7) is 2.66. The molecule has 0 aromatic heterocycles. The van der Waals surface area contributed by atoms with E-state index < -0.39 is 5.97 Å². The Morgan fingerprint density at radius 3 is 2.68 bits per heavy atom. The van der Waals surface area contributed by atoms with Gasteiger partial charge in [0.2, 0.25) is 0 Å². The lowest BCUT2D eigenvalue weighted by Crippen LogP contribution is -2.21. The summed E-state index contributed by atoms with van der Waals surface area (Å²) in [7, 11) is 3.25. The zero-order chi connectivity index (χ0) is 14.3. The van der Waals surface area contributed by atoms with E-state index in [9.17, 15) is 4.79 Å². The predicted octanol–water partition coefficient (Wildman–Crippen LogP) is 2.22. The minimum Gasteiger partial charge on any atom is -0.497 e. The third kappa shape index (κ3) is 4.79. The number of carboxylic acid groups (broad SMARTS) is 1. The van der Waals surface area contributed by atoms with E-state index >= 15 is 0 Å². The third-order valence-corrected chi connectivity index (χ3v) is 2.92. The Labute approximate surface area is 113 Å². The first kappa shape index (κ1) is 15.3. The molecule has 0 saturated carbocycles. The van der Waals surface area contributed by atoms with Gasteiger partial charge >= 0.3 is 5.97 Å². The van der Waals surface area contributed by atoms with Crippen molar-refractivity contribution in [3.8, 4) is 11.5 Å². The minimum absolute atomic E-state index is 0.0684. The van der Waals surface area contributed by atoms with Crippen LogP contribution in [0.3, 0.4) is 0 Å². The van der Waals surface area contributed by atoms with Crippen LogP contribution in [-0.2, 0) is 4.79 Å². The van der Waals surface area contributed by atoms with Gasteiger partial charge in [0.15, 0.2) is 0 Å². The molecule has 0 radical (unpaired) electrons. The van der Waals surface area contributed by atoms with Crippen molar-refractivity contribution in [3.05, 3.63) is 23.8 Å². The Kier molecular flexibility index (Phi) is 6.15. The number of nitrogens with one attached hydrogen (secondary N) is 1. The van der Waals surface area contributed by atoms with Crippen molar-refractivity contribution < 1.29 is 19.4 Å². The van der Waals surface area contributed by atoms with Crippen molar-refractivity contribution in [3.63, 3.8) is 0 Å². The fourth-order valence-corrected chi connectivity index (χ4v) is 1.85. The second-order valence-corrected chi connectivity index (χ2v) is 4.28. The lowest BCUT2D eigenvalue weighted by molar-refractivity contribution is -0.137. The second kappa shape index (κ2) is 7.63. The second-order valence-electron chi connectivity index (χ2n) is 4.28. The van der Waals surface area contributed by atoms with E-state index in [2.05, 4.69) is 5.32 Å². The van der Waals surface area contributed by atoms with Crippen LogP contribution in [0.15, 0.2) is 18.2 Å². The third-order valence-electron chi connectivity index (χ3n) is 2.92. The Hall–Kier alpha value is -1.75. The standard InChI is InChI=1S/C14H21NO4/c1-10(15-8-4-5-14(16)17)12-9-11(18-2)6-7-13(12)19-3/h6-7,9-10,15H,4-5,8H2,1-3H3,(H,16,17). The largest absolute Gasteiger partial charge is 0.497 e. The van der Waals surface area contributed by atoms with Crippen LogP contribution in [0, 0.1) is 0 Å². The summed E-state index contributed by atoms with van der Waals surface area (Å²) < 4.78 is 10.5. The summed E-state index contributed by atoms with van der Waals surface area (Å²) >= 11 is 0. The molecule has 0 aliphatic carbocycles. The molecule has 1 aromatic carbocycles. The number of carboxylic acids is 1. The molecule has 19 heavy (non-hydrogen) atoms. The summed E-state index contributed by atoms with van der Waals surface area (Å²) in [4.78, 5) is 10.4. The first-order valence-electron chi connectivity index (χ1n) is 6.25. The van der Waals surface area contributed by atoms with E-state index in [1.54, 1.807) is 14.2 Å². The number of hydrogen-bond donors (Lipinski definition) is 2. The summed E-state index contributed by atoms with van der Waals surface area (Å²) in [5.74, 6) is 0.794.